The fourth-order valence-corrected chi connectivity index (χ4v) is 2.48. The van der Waals surface area contributed by atoms with Crippen molar-refractivity contribution in [3.63, 3.8) is 0 Å². The van der Waals surface area contributed by atoms with Crippen LogP contribution >= 0.6 is 0 Å². The Bertz CT molecular complexity index is 486. The van der Waals surface area contributed by atoms with Gasteiger partial charge in [-0.3, -0.25) is 9.59 Å². The molecule has 0 aromatic carbocycles. The second-order valence-corrected chi connectivity index (χ2v) is 5.54. The molecule has 1 fully saturated rings. The van der Waals surface area contributed by atoms with Crippen LogP contribution in [0.3, 0.4) is 0 Å². The molecule has 110 valence electrons. The van der Waals surface area contributed by atoms with Gasteiger partial charge in [-0.2, -0.15) is 0 Å². The van der Waals surface area contributed by atoms with Crippen molar-refractivity contribution in [1.82, 2.24) is 20.2 Å². The van der Waals surface area contributed by atoms with Crippen LogP contribution in [0.4, 0.5) is 0 Å². The van der Waals surface area contributed by atoms with Crippen LogP contribution in [0, 0.1) is 5.92 Å². The number of rotatable bonds is 4. The Hall–Kier alpha value is -1.69. The summed E-state index contributed by atoms with van der Waals surface area (Å²) in [5.41, 5.74) is 0.00300. The number of carbonyl (C=O) groups is 1. The summed E-state index contributed by atoms with van der Waals surface area (Å²) in [6.45, 7) is 6.79. The summed E-state index contributed by atoms with van der Waals surface area (Å²) in [5, 5.41) is 3.33. The molecule has 0 spiro atoms. The van der Waals surface area contributed by atoms with E-state index in [1.807, 2.05) is 18.7 Å². The predicted molar refractivity (Wildman–Crippen MR) is 76.6 cm³/mol. The number of piperidine rings is 1. The van der Waals surface area contributed by atoms with Crippen molar-refractivity contribution in [1.29, 1.82) is 0 Å². The molecular weight excluding hydrogens is 256 g/mol. The number of aromatic nitrogens is 2. The lowest BCUT2D eigenvalue weighted by Gasteiger charge is -2.32. The van der Waals surface area contributed by atoms with E-state index in [1.165, 1.54) is 6.20 Å². The molecular formula is C14H22N4O2. The molecule has 2 rings (SSSR count). The van der Waals surface area contributed by atoms with Gasteiger partial charge >= 0.3 is 0 Å². The summed E-state index contributed by atoms with van der Waals surface area (Å²) in [6, 6.07) is 0.117. The van der Waals surface area contributed by atoms with Crippen LogP contribution in [0.5, 0.6) is 0 Å². The Labute approximate surface area is 118 Å². The van der Waals surface area contributed by atoms with Crippen molar-refractivity contribution in [2.75, 3.05) is 19.6 Å². The van der Waals surface area contributed by atoms with E-state index in [1.54, 1.807) is 0 Å². The molecule has 0 unspecified atom stereocenters. The first-order valence-electron chi connectivity index (χ1n) is 7.14. The molecule has 0 atom stereocenters. The Morgan fingerprint density at radius 1 is 1.45 bits per heavy atom. The normalized spacial score (nSPS) is 16.4. The van der Waals surface area contributed by atoms with Crippen LogP contribution in [0.15, 0.2) is 17.2 Å². The van der Waals surface area contributed by atoms with E-state index in [2.05, 4.69) is 15.3 Å². The molecule has 1 aromatic rings. The number of amides is 1. The van der Waals surface area contributed by atoms with Crippen molar-refractivity contribution in [3.05, 3.63) is 28.4 Å². The predicted octanol–water partition coefficient (Wildman–Crippen LogP) is 0.620. The lowest BCUT2D eigenvalue weighted by molar-refractivity contribution is 0.0651. The van der Waals surface area contributed by atoms with Gasteiger partial charge in [-0.05, 0) is 45.7 Å². The molecule has 2 heterocycles. The van der Waals surface area contributed by atoms with Crippen molar-refractivity contribution in [3.8, 4) is 0 Å². The molecule has 0 bridgehead atoms. The van der Waals surface area contributed by atoms with Crippen LogP contribution in [0.2, 0.25) is 0 Å². The van der Waals surface area contributed by atoms with Gasteiger partial charge in [0, 0.05) is 18.8 Å². The summed E-state index contributed by atoms with van der Waals surface area (Å²) in [7, 11) is 0. The smallest absolute Gasteiger partial charge is 0.274 e. The maximum absolute atomic E-state index is 12.5. The van der Waals surface area contributed by atoms with Gasteiger partial charge in [-0.15, -0.1) is 0 Å². The second-order valence-electron chi connectivity index (χ2n) is 5.54. The number of H-pyrrole nitrogens is 1. The first kappa shape index (κ1) is 14.7. The molecule has 1 aliphatic heterocycles. The lowest BCUT2D eigenvalue weighted by atomic mass is 9.97. The third kappa shape index (κ3) is 3.66. The van der Waals surface area contributed by atoms with Crippen LogP contribution in [-0.4, -0.2) is 46.5 Å². The highest BCUT2D eigenvalue weighted by Crippen LogP contribution is 2.16. The topological polar surface area (TPSA) is 78.1 Å². The fourth-order valence-electron chi connectivity index (χ4n) is 2.48. The first-order chi connectivity index (χ1) is 9.58. The van der Waals surface area contributed by atoms with Gasteiger partial charge in [0.25, 0.3) is 11.5 Å². The standard InChI is InChI=1S/C14H22N4O2/c1-10(2)18(9-11-3-5-15-6-4-11)14(20)12-7-17-13(19)8-16-12/h7-8,10-11,15H,3-6,9H2,1-2H3,(H,17,19). The van der Waals surface area contributed by atoms with E-state index in [0.717, 1.165) is 38.7 Å². The molecule has 6 nitrogen and oxygen atoms in total. The number of nitrogens with zero attached hydrogens (tertiary/aromatic N) is 2. The molecule has 1 saturated heterocycles. The maximum Gasteiger partial charge on any atom is 0.274 e. The Morgan fingerprint density at radius 2 is 2.15 bits per heavy atom. The van der Waals surface area contributed by atoms with Crippen LogP contribution in [0.25, 0.3) is 0 Å². The molecule has 20 heavy (non-hydrogen) atoms. The van der Waals surface area contributed by atoms with E-state index < -0.39 is 0 Å². The largest absolute Gasteiger partial charge is 0.335 e. The van der Waals surface area contributed by atoms with Crippen LogP contribution < -0.4 is 10.9 Å². The first-order valence-corrected chi connectivity index (χ1v) is 7.14. The molecule has 0 radical (unpaired) electrons. The van der Waals surface area contributed by atoms with Gasteiger partial charge in [0.15, 0.2) is 0 Å². The quantitative estimate of drug-likeness (QED) is 0.846. The Morgan fingerprint density at radius 3 is 2.70 bits per heavy atom. The number of carbonyl (C=O) groups excluding carboxylic acids is 1. The number of hydrogen-bond acceptors (Lipinski definition) is 4. The SMILES string of the molecule is CC(C)N(CC1CCNCC1)C(=O)c1c[nH]c(=O)cn1. The Balaban J connectivity index is 2.08. The minimum absolute atomic E-state index is 0.116. The molecule has 1 aromatic heterocycles. The van der Waals surface area contributed by atoms with Crippen molar-refractivity contribution in [2.24, 2.45) is 5.92 Å². The molecule has 1 amide bonds. The fraction of sp³-hybridized carbons (Fsp3) is 0.643. The van der Waals surface area contributed by atoms with Gasteiger partial charge in [0.2, 0.25) is 0 Å². The Kier molecular flexibility index (Phi) is 4.89. The third-order valence-corrected chi connectivity index (χ3v) is 3.69. The van der Waals surface area contributed by atoms with E-state index in [0.29, 0.717) is 11.6 Å². The number of hydrogen-bond donors (Lipinski definition) is 2. The van der Waals surface area contributed by atoms with Crippen molar-refractivity contribution < 1.29 is 4.79 Å². The van der Waals surface area contributed by atoms with Crippen LogP contribution in [-0.2, 0) is 0 Å². The van der Waals surface area contributed by atoms with E-state index in [-0.39, 0.29) is 17.5 Å². The highest BCUT2D eigenvalue weighted by atomic mass is 16.2. The minimum Gasteiger partial charge on any atom is -0.335 e. The summed E-state index contributed by atoms with van der Waals surface area (Å²) >= 11 is 0. The van der Waals surface area contributed by atoms with Crippen molar-refractivity contribution in [2.45, 2.75) is 32.7 Å². The molecule has 6 heteroatoms. The zero-order valence-corrected chi connectivity index (χ0v) is 12.1. The van der Waals surface area contributed by atoms with Gasteiger partial charge in [-0.25, -0.2) is 4.98 Å². The summed E-state index contributed by atoms with van der Waals surface area (Å²) in [5.74, 6) is 0.417. The minimum atomic E-state index is -0.295. The summed E-state index contributed by atoms with van der Waals surface area (Å²) in [6.07, 6.45) is 4.73. The highest BCUT2D eigenvalue weighted by molar-refractivity contribution is 5.92. The summed E-state index contributed by atoms with van der Waals surface area (Å²) in [4.78, 5) is 31.8. The highest BCUT2D eigenvalue weighted by Gasteiger charge is 2.24. The van der Waals surface area contributed by atoms with Crippen LogP contribution in [0.1, 0.15) is 37.2 Å². The summed E-state index contributed by atoms with van der Waals surface area (Å²) < 4.78 is 0. The average molecular weight is 278 g/mol. The molecule has 1 aliphatic rings. The maximum atomic E-state index is 12.5. The molecule has 0 aliphatic carbocycles. The van der Waals surface area contributed by atoms with E-state index in [9.17, 15) is 9.59 Å². The third-order valence-electron chi connectivity index (χ3n) is 3.69. The van der Waals surface area contributed by atoms with E-state index in [4.69, 9.17) is 0 Å². The second kappa shape index (κ2) is 6.65. The average Bonchev–Trinajstić information content (AvgIpc) is 2.45. The van der Waals surface area contributed by atoms with Gasteiger partial charge in [0.05, 0.1) is 6.20 Å². The zero-order chi connectivity index (χ0) is 14.5. The molecule has 2 N–H and O–H groups in total. The monoisotopic (exact) mass is 278 g/mol. The van der Waals surface area contributed by atoms with Gasteiger partial charge in [0.1, 0.15) is 5.69 Å². The molecule has 0 saturated carbocycles. The van der Waals surface area contributed by atoms with Crippen molar-refractivity contribution >= 4 is 5.91 Å². The lowest BCUT2D eigenvalue weighted by Crippen LogP contribution is -2.43. The number of aromatic amines is 1. The number of nitrogens with one attached hydrogen (secondary N) is 2. The van der Waals surface area contributed by atoms with E-state index >= 15 is 0 Å². The van der Waals surface area contributed by atoms with Gasteiger partial charge < -0.3 is 15.2 Å². The van der Waals surface area contributed by atoms with Gasteiger partial charge in [-0.1, -0.05) is 0 Å². The zero-order valence-electron chi connectivity index (χ0n) is 12.1.